The highest BCUT2D eigenvalue weighted by Gasteiger charge is 2.01. The molecule has 5 heteroatoms. The van der Waals surface area contributed by atoms with Crippen LogP contribution in [-0.2, 0) is 9.53 Å². The number of hydrogen-bond acceptors (Lipinski definition) is 4. The van der Waals surface area contributed by atoms with Crippen LogP contribution in [0.1, 0.15) is 12.5 Å². The zero-order chi connectivity index (χ0) is 13.0. The molecule has 2 aromatic rings. The predicted octanol–water partition coefficient (Wildman–Crippen LogP) is 2.20. The molecule has 1 heterocycles. The summed E-state index contributed by atoms with van der Waals surface area (Å²) in [7, 11) is 0. The van der Waals surface area contributed by atoms with Gasteiger partial charge in [-0.1, -0.05) is 17.5 Å². The van der Waals surface area contributed by atoms with Crippen molar-refractivity contribution in [2.75, 3.05) is 6.61 Å². The third kappa shape index (κ3) is 2.76. The van der Waals surface area contributed by atoms with Crippen LogP contribution in [0.3, 0.4) is 0 Å². The van der Waals surface area contributed by atoms with Gasteiger partial charge in [-0.05, 0) is 25.1 Å². The molecule has 2 rings (SSSR count). The molecule has 0 amide bonds. The summed E-state index contributed by atoms with van der Waals surface area (Å²) in [6.45, 7) is 2.04. The van der Waals surface area contributed by atoms with E-state index in [0.717, 1.165) is 5.39 Å². The van der Waals surface area contributed by atoms with Crippen LogP contribution < -0.4 is 0 Å². The molecule has 0 saturated carbocycles. The molecular formula is C13H9ClN2O2. The van der Waals surface area contributed by atoms with E-state index in [1.54, 1.807) is 25.1 Å². The van der Waals surface area contributed by atoms with Crippen molar-refractivity contribution in [2.45, 2.75) is 6.92 Å². The number of carbonyl (C=O) groups excluding carboxylic acids is 1. The van der Waals surface area contributed by atoms with E-state index >= 15 is 0 Å². The number of esters is 1. The standard InChI is InChI=1S/C13H9ClN2O2/c1-2-18-12(17)6-4-9-3-5-10-11(7-9)15-8-16-13(10)14/h3,5,7-8H,2H2,1H3. The average molecular weight is 261 g/mol. The van der Waals surface area contributed by atoms with Crippen molar-refractivity contribution in [3.63, 3.8) is 0 Å². The Morgan fingerprint density at radius 2 is 2.28 bits per heavy atom. The molecule has 1 aromatic carbocycles. The fourth-order valence-electron chi connectivity index (χ4n) is 1.39. The van der Waals surface area contributed by atoms with Gasteiger partial charge in [-0.25, -0.2) is 14.8 Å². The maximum absolute atomic E-state index is 11.1. The van der Waals surface area contributed by atoms with Gasteiger partial charge < -0.3 is 4.74 Å². The van der Waals surface area contributed by atoms with Crippen molar-refractivity contribution in [1.82, 2.24) is 9.97 Å². The number of carbonyl (C=O) groups is 1. The first-order chi connectivity index (χ1) is 8.70. The summed E-state index contributed by atoms with van der Waals surface area (Å²) < 4.78 is 4.71. The first-order valence-electron chi connectivity index (χ1n) is 5.29. The van der Waals surface area contributed by atoms with Crippen LogP contribution in [-0.4, -0.2) is 22.5 Å². The molecule has 0 saturated heterocycles. The maximum atomic E-state index is 11.1. The number of halogens is 1. The van der Waals surface area contributed by atoms with E-state index in [-0.39, 0.29) is 0 Å². The Bertz CT molecular complexity index is 659. The molecule has 0 aliphatic rings. The van der Waals surface area contributed by atoms with Crippen LogP contribution in [0, 0.1) is 11.8 Å². The fourth-order valence-corrected chi connectivity index (χ4v) is 1.60. The predicted molar refractivity (Wildman–Crippen MR) is 68.1 cm³/mol. The van der Waals surface area contributed by atoms with Gasteiger partial charge in [0.1, 0.15) is 11.5 Å². The van der Waals surface area contributed by atoms with Crippen molar-refractivity contribution in [3.8, 4) is 11.8 Å². The van der Waals surface area contributed by atoms with E-state index < -0.39 is 5.97 Å². The van der Waals surface area contributed by atoms with Gasteiger partial charge >= 0.3 is 5.97 Å². The van der Waals surface area contributed by atoms with Crippen LogP contribution in [0.5, 0.6) is 0 Å². The van der Waals surface area contributed by atoms with E-state index in [2.05, 4.69) is 21.8 Å². The lowest BCUT2D eigenvalue weighted by Gasteiger charge is -1.98. The van der Waals surface area contributed by atoms with Crippen molar-refractivity contribution < 1.29 is 9.53 Å². The van der Waals surface area contributed by atoms with Gasteiger partial charge in [-0.15, -0.1) is 0 Å². The zero-order valence-corrected chi connectivity index (χ0v) is 10.4. The summed E-state index contributed by atoms with van der Waals surface area (Å²) in [5.74, 6) is 4.56. The molecule has 0 fully saturated rings. The SMILES string of the molecule is CCOC(=O)C#Cc1ccc2c(Cl)ncnc2c1. The molecule has 0 radical (unpaired) electrons. The van der Waals surface area contributed by atoms with Gasteiger partial charge in [0.15, 0.2) is 0 Å². The van der Waals surface area contributed by atoms with Crippen LogP contribution in [0.2, 0.25) is 5.15 Å². The number of rotatable bonds is 1. The molecule has 0 aliphatic heterocycles. The van der Waals surface area contributed by atoms with Crippen molar-refractivity contribution in [1.29, 1.82) is 0 Å². The van der Waals surface area contributed by atoms with Gasteiger partial charge in [0, 0.05) is 16.9 Å². The first kappa shape index (κ1) is 12.3. The monoisotopic (exact) mass is 260 g/mol. The van der Waals surface area contributed by atoms with Crippen LogP contribution in [0.15, 0.2) is 24.5 Å². The average Bonchev–Trinajstić information content (AvgIpc) is 2.37. The molecule has 0 unspecified atom stereocenters. The first-order valence-corrected chi connectivity index (χ1v) is 5.67. The molecule has 1 aromatic heterocycles. The van der Waals surface area contributed by atoms with E-state index in [4.69, 9.17) is 16.3 Å². The summed E-state index contributed by atoms with van der Waals surface area (Å²) >= 11 is 5.92. The molecule has 0 spiro atoms. The van der Waals surface area contributed by atoms with Gasteiger partial charge in [0.05, 0.1) is 12.1 Å². The van der Waals surface area contributed by atoms with Gasteiger partial charge in [0.25, 0.3) is 0 Å². The number of aromatic nitrogens is 2. The van der Waals surface area contributed by atoms with Crippen molar-refractivity contribution in [3.05, 3.63) is 35.2 Å². The van der Waals surface area contributed by atoms with E-state index in [1.165, 1.54) is 6.33 Å². The van der Waals surface area contributed by atoms with Crippen LogP contribution in [0.4, 0.5) is 0 Å². The topological polar surface area (TPSA) is 52.1 Å². The summed E-state index contributed by atoms with van der Waals surface area (Å²) in [5.41, 5.74) is 1.36. The molecule has 18 heavy (non-hydrogen) atoms. The maximum Gasteiger partial charge on any atom is 0.384 e. The van der Waals surface area contributed by atoms with Crippen LogP contribution in [0.25, 0.3) is 10.9 Å². The van der Waals surface area contributed by atoms with E-state index in [0.29, 0.717) is 22.8 Å². The minimum Gasteiger partial charge on any atom is -0.456 e. The summed E-state index contributed by atoms with van der Waals surface area (Å²) in [5, 5.41) is 1.14. The van der Waals surface area contributed by atoms with E-state index in [1.807, 2.05) is 0 Å². The molecule has 0 atom stereocenters. The normalized spacial score (nSPS) is 9.67. The van der Waals surface area contributed by atoms with Crippen LogP contribution >= 0.6 is 11.6 Å². The molecular weight excluding hydrogens is 252 g/mol. The highest BCUT2D eigenvalue weighted by Crippen LogP contribution is 2.19. The minimum atomic E-state index is -0.543. The second-order valence-corrected chi connectivity index (χ2v) is 3.72. The third-order valence-corrected chi connectivity index (χ3v) is 2.47. The highest BCUT2D eigenvalue weighted by atomic mass is 35.5. The summed E-state index contributed by atoms with van der Waals surface area (Å²) in [6, 6.07) is 5.27. The third-order valence-electron chi connectivity index (χ3n) is 2.17. The summed E-state index contributed by atoms with van der Waals surface area (Å²) in [4.78, 5) is 19.1. The lowest BCUT2D eigenvalue weighted by Crippen LogP contribution is -1.99. The largest absolute Gasteiger partial charge is 0.456 e. The number of hydrogen-bond donors (Lipinski definition) is 0. The molecule has 4 nitrogen and oxygen atoms in total. The van der Waals surface area contributed by atoms with Gasteiger partial charge in [-0.3, -0.25) is 0 Å². The Morgan fingerprint density at radius 1 is 1.44 bits per heavy atom. The quantitative estimate of drug-likeness (QED) is 0.448. The lowest BCUT2D eigenvalue weighted by molar-refractivity contribution is -0.136. The number of nitrogens with zero attached hydrogens (tertiary/aromatic N) is 2. The second-order valence-electron chi connectivity index (χ2n) is 3.37. The van der Waals surface area contributed by atoms with Gasteiger partial charge in [0.2, 0.25) is 0 Å². The molecule has 0 N–H and O–H groups in total. The molecule has 90 valence electrons. The minimum absolute atomic E-state index is 0.314. The smallest absolute Gasteiger partial charge is 0.384 e. The number of fused-ring (bicyclic) bond motifs is 1. The fraction of sp³-hybridized carbons (Fsp3) is 0.154. The Hall–Kier alpha value is -2.12. The second kappa shape index (κ2) is 5.48. The number of benzene rings is 1. The Morgan fingerprint density at radius 3 is 3.06 bits per heavy atom. The van der Waals surface area contributed by atoms with E-state index in [9.17, 15) is 4.79 Å². The Balaban J connectivity index is 2.34. The molecule has 0 aliphatic carbocycles. The lowest BCUT2D eigenvalue weighted by atomic mass is 10.1. The van der Waals surface area contributed by atoms with Crippen molar-refractivity contribution >= 4 is 28.5 Å². The zero-order valence-electron chi connectivity index (χ0n) is 9.61. The Kier molecular flexibility index (Phi) is 3.75. The highest BCUT2D eigenvalue weighted by molar-refractivity contribution is 6.34. The number of ether oxygens (including phenoxy) is 1. The van der Waals surface area contributed by atoms with Crippen molar-refractivity contribution in [2.24, 2.45) is 0 Å². The molecule has 0 bridgehead atoms. The summed E-state index contributed by atoms with van der Waals surface area (Å²) in [6.07, 6.45) is 1.38. The van der Waals surface area contributed by atoms with Gasteiger partial charge in [-0.2, -0.15) is 0 Å². The Labute approximate surface area is 109 Å².